The zero-order valence-corrected chi connectivity index (χ0v) is 16.2. The van der Waals surface area contributed by atoms with Gasteiger partial charge in [0.05, 0.1) is 10.5 Å². The first-order valence-corrected chi connectivity index (χ1v) is 9.22. The molecule has 0 saturated heterocycles. The Balaban J connectivity index is 2.01. The number of hydrogen-bond donors (Lipinski definition) is 2. The van der Waals surface area contributed by atoms with Crippen molar-refractivity contribution in [2.45, 2.75) is 52.2 Å². The van der Waals surface area contributed by atoms with E-state index in [-0.39, 0.29) is 23.2 Å². The first-order valence-electron chi connectivity index (χ1n) is 9.22. The van der Waals surface area contributed by atoms with Gasteiger partial charge < -0.3 is 15.4 Å². The minimum atomic E-state index is -0.982. The molecule has 4 unspecified atom stereocenters. The van der Waals surface area contributed by atoms with E-state index in [4.69, 9.17) is 4.74 Å². The standard InChI is InChI=1S/C19H27N3O5/c1-11-6-5-7-15(12(11)2)21-18(23)13(3)27-19(24)14-8-9-16(20-4)17(10-14)22(25)26/h8-13,15,20H,5-7H2,1-4H3,(H,21,23). The molecule has 0 bridgehead atoms. The van der Waals surface area contributed by atoms with Crippen LogP contribution in [0.15, 0.2) is 18.2 Å². The fourth-order valence-corrected chi connectivity index (χ4v) is 3.39. The van der Waals surface area contributed by atoms with Gasteiger partial charge in [0.25, 0.3) is 11.6 Å². The van der Waals surface area contributed by atoms with Crippen LogP contribution in [0.5, 0.6) is 0 Å². The highest BCUT2D eigenvalue weighted by atomic mass is 16.6. The van der Waals surface area contributed by atoms with Gasteiger partial charge in [-0.15, -0.1) is 0 Å². The molecular formula is C19H27N3O5. The zero-order chi connectivity index (χ0) is 20.1. The summed E-state index contributed by atoms with van der Waals surface area (Å²) in [6, 6.07) is 4.07. The molecule has 27 heavy (non-hydrogen) atoms. The van der Waals surface area contributed by atoms with Gasteiger partial charge in [-0.3, -0.25) is 14.9 Å². The van der Waals surface area contributed by atoms with Crippen LogP contribution in [0.1, 0.15) is 50.4 Å². The van der Waals surface area contributed by atoms with Crippen molar-refractivity contribution in [2.24, 2.45) is 11.8 Å². The third kappa shape index (κ3) is 4.96. The number of amides is 1. The predicted molar refractivity (Wildman–Crippen MR) is 102 cm³/mol. The van der Waals surface area contributed by atoms with Crippen LogP contribution in [0, 0.1) is 22.0 Å². The summed E-state index contributed by atoms with van der Waals surface area (Å²) in [5.41, 5.74) is 0.0943. The number of esters is 1. The Labute approximate surface area is 158 Å². The molecule has 0 aliphatic heterocycles. The van der Waals surface area contributed by atoms with Gasteiger partial charge in [0.2, 0.25) is 0 Å². The zero-order valence-electron chi connectivity index (χ0n) is 16.2. The highest BCUT2D eigenvalue weighted by Crippen LogP contribution is 2.29. The summed E-state index contributed by atoms with van der Waals surface area (Å²) in [6.07, 6.45) is 2.14. The van der Waals surface area contributed by atoms with Crippen LogP contribution >= 0.6 is 0 Å². The summed E-state index contributed by atoms with van der Waals surface area (Å²) in [6.45, 7) is 5.79. The van der Waals surface area contributed by atoms with Gasteiger partial charge in [-0.25, -0.2) is 4.79 Å². The number of nitrogens with one attached hydrogen (secondary N) is 2. The van der Waals surface area contributed by atoms with Crippen molar-refractivity contribution in [1.29, 1.82) is 0 Å². The molecule has 8 nitrogen and oxygen atoms in total. The Hall–Kier alpha value is -2.64. The molecule has 0 spiro atoms. The summed E-state index contributed by atoms with van der Waals surface area (Å²) in [7, 11) is 1.56. The van der Waals surface area contributed by atoms with Crippen molar-refractivity contribution in [1.82, 2.24) is 5.32 Å². The van der Waals surface area contributed by atoms with E-state index in [0.717, 1.165) is 25.3 Å². The van der Waals surface area contributed by atoms with E-state index >= 15 is 0 Å². The molecule has 8 heteroatoms. The highest BCUT2D eigenvalue weighted by Gasteiger charge is 2.30. The van der Waals surface area contributed by atoms with Crippen molar-refractivity contribution >= 4 is 23.3 Å². The lowest BCUT2D eigenvalue weighted by Crippen LogP contribution is -2.47. The lowest BCUT2D eigenvalue weighted by molar-refractivity contribution is -0.384. The molecule has 2 N–H and O–H groups in total. The minimum Gasteiger partial charge on any atom is -0.449 e. The van der Waals surface area contributed by atoms with E-state index in [9.17, 15) is 19.7 Å². The average molecular weight is 377 g/mol. The maximum Gasteiger partial charge on any atom is 0.339 e. The SMILES string of the molecule is CNc1ccc(C(=O)OC(C)C(=O)NC2CCCC(C)C2C)cc1[N+](=O)[O-]. The van der Waals surface area contributed by atoms with E-state index in [1.165, 1.54) is 19.1 Å². The molecule has 4 atom stereocenters. The van der Waals surface area contributed by atoms with Crippen molar-refractivity contribution in [2.75, 3.05) is 12.4 Å². The maximum atomic E-state index is 12.4. The fourth-order valence-electron chi connectivity index (χ4n) is 3.39. The average Bonchev–Trinajstić information content (AvgIpc) is 2.64. The lowest BCUT2D eigenvalue weighted by atomic mass is 9.78. The van der Waals surface area contributed by atoms with Gasteiger partial charge in [0, 0.05) is 19.2 Å². The number of nitro groups is 1. The number of nitro benzene ring substituents is 1. The molecule has 1 aliphatic carbocycles. The monoisotopic (exact) mass is 377 g/mol. The number of nitrogens with zero attached hydrogens (tertiary/aromatic N) is 1. The highest BCUT2D eigenvalue weighted by molar-refractivity contribution is 5.93. The summed E-state index contributed by atoms with van der Waals surface area (Å²) < 4.78 is 5.22. The van der Waals surface area contributed by atoms with E-state index in [1.807, 2.05) is 0 Å². The summed E-state index contributed by atoms with van der Waals surface area (Å²) in [5.74, 6) is -0.223. The molecule has 2 rings (SSSR count). The third-order valence-electron chi connectivity index (χ3n) is 5.39. The van der Waals surface area contributed by atoms with Gasteiger partial charge >= 0.3 is 5.97 Å². The molecule has 1 aromatic rings. The second-order valence-electron chi connectivity index (χ2n) is 7.17. The molecule has 1 saturated carbocycles. The van der Waals surface area contributed by atoms with Gasteiger partial charge in [-0.05, 0) is 37.3 Å². The molecule has 0 heterocycles. The quantitative estimate of drug-likeness (QED) is 0.448. The van der Waals surface area contributed by atoms with Crippen LogP contribution in [-0.4, -0.2) is 36.0 Å². The van der Waals surface area contributed by atoms with Gasteiger partial charge in [0.15, 0.2) is 6.10 Å². The summed E-state index contributed by atoms with van der Waals surface area (Å²) in [4.78, 5) is 35.2. The molecule has 1 fully saturated rings. The molecule has 0 radical (unpaired) electrons. The number of rotatable bonds is 6. The Bertz CT molecular complexity index is 721. The van der Waals surface area contributed by atoms with E-state index in [2.05, 4.69) is 24.5 Å². The summed E-state index contributed by atoms with van der Waals surface area (Å²) in [5, 5.41) is 16.8. The smallest absolute Gasteiger partial charge is 0.339 e. The molecular weight excluding hydrogens is 350 g/mol. The maximum absolute atomic E-state index is 12.4. The molecule has 0 aromatic heterocycles. The van der Waals surface area contributed by atoms with Gasteiger partial charge in [-0.2, -0.15) is 0 Å². The lowest BCUT2D eigenvalue weighted by Gasteiger charge is -2.35. The van der Waals surface area contributed by atoms with Crippen molar-refractivity contribution in [3.63, 3.8) is 0 Å². The number of carbonyl (C=O) groups is 2. The molecule has 1 aliphatic rings. The van der Waals surface area contributed by atoms with E-state index in [1.54, 1.807) is 7.05 Å². The second-order valence-corrected chi connectivity index (χ2v) is 7.17. The second kappa shape index (κ2) is 8.83. The Morgan fingerprint density at radius 1 is 1.30 bits per heavy atom. The third-order valence-corrected chi connectivity index (χ3v) is 5.39. The fraction of sp³-hybridized carbons (Fsp3) is 0.579. The van der Waals surface area contributed by atoms with Crippen LogP contribution in [-0.2, 0) is 9.53 Å². The van der Waals surface area contributed by atoms with Gasteiger partial charge in [-0.1, -0.05) is 26.7 Å². The molecule has 1 aromatic carbocycles. The predicted octanol–water partition coefficient (Wildman–Crippen LogP) is 3.12. The first-order chi connectivity index (χ1) is 12.7. The Morgan fingerprint density at radius 2 is 2.00 bits per heavy atom. The number of carbonyl (C=O) groups excluding carboxylic acids is 2. The number of ether oxygens (including phenoxy) is 1. The van der Waals surface area contributed by atoms with Crippen LogP contribution < -0.4 is 10.6 Å². The van der Waals surface area contributed by atoms with Gasteiger partial charge in [0.1, 0.15) is 5.69 Å². The Kier molecular flexibility index (Phi) is 6.76. The van der Waals surface area contributed by atoms with Crippen LogP contribution in [0.25, 0.3) is 0 Å². The van der Waals surface area contributed by atoms with Crippen molar-refractivity contribution < 1.29 is 19.2 Å². The van der Waals surface area contributed by atoms with Crippen LogP contribution in [0.3, 0.4) is 0 Å². The number of anilines is 1. The first kappa shape index (κ1) is 20.7. The van der Waals surface area contributed by atoms with Crippen LogP contribution in [0.2, 0.25) is 0 Å². The topological polar surface area (TPSA) is 111 Å². The molecule has 1 amide bonds. The number of benzene rings is 1. The van der Waals surface area contributed by atoms with E-state index < -0.39 is 17.0 Å². The van der Waals surface area contributed by atoms with Crippen molar-refractivity contribution in [3.8, 4) is 0 Å². The van der Waals surface area contributed by atoms with Crippen LogP contribution in [0.4, 0.5) is 11.4 Å². The minimum absolute atomic E-state index is 0.0278. The molecule has 148 valence electrons. The normalized spacial score (nSPS) is 23.2. The van der Waals surface area contributed by atoms with E-state index in [0.29, 0.717) is 17.5 Å². The number of hydrogen-bond acceptors (Lipinski definition) is 6. The van der Waals surface area contributed by atoms with Crippen molar-refractivity contribution in [3.05, 3.63) is 33.9 Å². The largest absolute Gasteiger partial charge is 0.449 e. The Morgan fingerprint density at radius 3 is 2.63 bits per heavy atom. The summed E-state index contributed by atoms with van der Waals surface area (Å²) >= 11 is 0.